The van der Waals surface area contributed by atoms with Crippen LogP contribution in [0.1, 0.15) is 64.4 Å². The van der Waals surface area contributed by atoms with Gasteiger partial charge in [0, 0.05) is 36.3 Å². The summed E-state index contributed by atoms with van der Waals surface area (Å²) in [6.07, 6.45) is 7.61. The predicted molar refractivity (Wildman–Crippen MR) is 109 cm³/mol. The van der Waals surface area contributed by atoms with Gasteiger partial charge in [0.15, 0.2) is 5.76 Å². The van der Waals surface area contributed by atoms with Gasteiger partial charge in [-0.3, -0.25) is 9.59 Å². The minimum absolute atomic E-state index is 0.00102. The van der Waals surface area contributed by atoms with E-state index in [1.54, 1.807) is 36.4 Å². The minimum atomic E-state index is -0.322. The standard InChI is InChI=1S/C22H23N5O3/c28-21(19-4-2-12-30-19)24-17-7-5-15(6-8-17)22(29)26-11-1-3-16(13-26)20-25-23-14-27(20)18-9-10-18/h2,4-8,12,14,16,18H,1,3,9-11,13H2,(H,24,28). The van der Waals surface area contributed by atoms with E-state index in [-0.39, 0.29) is 23.5 Å². The lowest BCUT2D eigenvalue weighted by atomic mass is 9.96. The normalized spacial score (nSPS) is 18.9. The van der Waals surface area contributed by atoms with Crippen molar-refractivity contribution in [2.24, 2.45) is 0 Å². The lowest BCUT2D eigenvalue weighted by molar-refractivity contribution is 0.0703. The van der Waals surface area contributed by atoms with Crippen molar-refractivity contribution in [3.63, 3.8) is 0 Å². The number of nitrogens with one attached hydrogen (secondary N) is 1. The first-order valence-electron chi connectivity index (χ1n) is 10.3. The van der Waals surface area contributed by atoms with E-state index < -0.39 is 0 Å². The number of anilines is 1. The smallest absolute Gasteiger partial charge is 0.291 e. The monoisotopic (exact) mass is 405 g/mol. The summed E-state index contributed by atoms with van der Waals surface area (Å²) in [6.45, 7) is 1.39. The largest absolute Gasteiger partial charge is 0.459 e. The Morgan fingerprint density at radius 3 is 2.67 bits per heavy atom. The topological polar surface area (TPSA) is 93.3 Å². The number of carbonyl (C=O) groups is 2. The van der Waals surface area contributed by atoms with Crippen molar-refractivity contribution in [1.82, 2.24) is 19.7 Å². The summed E-state index contributed by atoms with van der Waals surface area (Å²) in [6, 6.07) is 10.8. The molecule has 1 unspecified atom stereocenters. The number of furan rings is 1. The summed E-state index contributed by atoms with van der Waals surface area (Å²) in [5.74, 6) is 1.15. The van der Waals surface area contributed by atoms with Crippen LogP contribution in [0.2, 0.25) is 0 Å². The van der Waals surface area contributed by atoms with E-state index in [0.29, 0.717) is 23.8 Å². The van der Waals surface area contributed by atoms with Crippen LogP contribution in [0.4, 0.5) is 5.69 Å². The molecule has 1 aliphatic carbocycles. The number of hydrogen-bond donors (Lipinski definition) is 1. The second-order valence-electron chi connectivity index (χ2n) is 7.93. The van der Waals surface area contributed by atoms with Gasteiger partial charge in [0.2, 0.25) is 0 Å². The summed E-state index contributed by atoms with van der Waals surface area (Å²) in [5, 5.41) is 11.2. The van der Waals surface area contributed by atoms with Gasteiger partial charge in [-0.15, -0.1) is 10.2 Å². The molecule has 1 aromatic carbocycles. The van der Waals surface area contributed by atoms with Crippen LogP contribution < -0.4 is 5.32 Å². The number of likely N-dealkylation sites (tertiary alicyclic amines) is 1. The lowest BCUT2D eigenvalue weighted by Crippen LogP contribution is -2.39. The maximum atomic E-state index is 13.0. The second kappa shape index (κ2) is 7.78. The molecule has 2 aromatic heterocycles. The first kappa shape index (κ1) is 18.6. The molecule has 1 N–H and O–H groups in total. The zero-order valence-electron chi connectivity index (χ0n) is 16.5. The van der Waals surface area contributed by atoms with Crippen LogP contribution in [0.15, 0.2) is 53.4 Å². The highest BCUT2D eigenvalue weighted by molar-refractivity contribution is 6.02. The Morgan fingerprint density at radius 2 is 1.93 bits per heavy atom. The molecule has 3 heterocycles. The van der Waals surface area contributed by atoms with Gasteiger partial charge in [0.05, 0.1) is 6.26 Å². The average Bonchev–Trinajstić information content (AvgIpc) is 3.27. The SMILES string of the molecule is O=C(Nc1ccc(C(=O)N2CCCC(c3nncn3C3CC3)C2)cc1)c1ccco1. The van der Waals surface area contributed by atoms with Gasteiger partial charge in [-0.1, -0.05) is 0 Å². The van der Waals surface area contributed by atoms with E-state index in [9.17, 15) is 9.59 Å². The lowest BCUT2D eigenvalue weighted by Gasteiger charge is -2.32. The van der Waals surface area contributed by atoms with Crippen molar-refractivity contribution < 1.29 is 14.0 Å². The molecule has 1 atom stereocenters. The number of benzene rings is 1. The fourth-order valence-electron chi connectivity index (χ4n) is 4.03. The molecule has 0 radical (unpaired) electrons. The van der Waals surface area contributed by atoms with Gasteiger partial charge in [-0.25, -0.2) is 0 Å². The fourth-order valence-corrected chi connectivity index (χ4v) is 4.03. The molecule has 2 amide bonds. The zero-order chi connectivity index (χ0) is 20.5. The molecule has 8 nitrogen and oxygen atoms in total. The molecule has 0 bridgehead atoms. The quantitative estimate of drug-likeness (QED) is 0.701. The number of nitrogens with zero attached hydrogens (tertiary/aromatic N) is 4. The maximum absolute atomic E-state index is 13.0. The third-order valence-corrected chi connectivity index (χ3v) is 5.75. The Hall–Kier alpha value is -3.42. The summed E-state index contributed by atoms with van der Waals surface area (Å²) in [7, 11) is 0. The molecule has 30 heavy (non-hydrogen) atoms. The van der Waals surface area contributed by atoms with Crippen LogP contribution >= 0.6 is 0 Å². The Morgan fingerprint density at radius 1 is 1.10 bits per heavy atom. The summed E-state index contributed by atoms with van der Waals surface area (Å²) >= 11 is 0. The molecule has 0 spiro atoms. The van der Waals surface area contributed by atoms with Crippen molar-refractivity contribution in [3.05, 3.63) is 66.1 Å². The predicted octanol–water partition coefficient (Wildman–Crippen LogP) is 3.48. The minimum Gasteiger partial charge on any atom is -0.459 e. The van der Waals surface area contributed by atoms with Gasteiger partial charge >= 0.3 is 0 Å². The third-order valence-electron chi connectivity index (χ3n) is 5.75. The molecule has 154 valence electrons. The van der Waals surface area contributed by atoms with E-state index in [4.69, 9.17) is 4.42 Å². The van der Waals surface area contributed by atoms with Crippen molar-refractivity contribution >= 4 is 17.5 Å². The van der Waals surface area contributed by atoms with Crippen molar-refractivity contribution in [2.45, 2.75) is 37.6 Å². The van der Waals surface area contributed by atoms with Crippen LogP contribution in [-0.2, 0) is 0 Å². The number of amides is 2. The van der Waals surface area contributed by atoms with Crippen LogP contribution in [0.5, 0.6) is 0 Å². The van der Waals surface area contributed by atoms with E-state index in [2.05, 4.69) is 20.1 Å². The van der Waals surface area contributed by atoms with Gasteiger partial charge in [0.1, 0.15) is 12.2 Å². The van der Waals surface area contributed by atoms with Crippen molar-refractivity contribution in [1.29, 1.82) is 0 Å². The highest BCUT2D eigenvalue weighted by atomic mass is 16.3. The summed E-state index contributed by atoms with van der Waals surface area (Å²) in [4.78, 5) is 27.0. The first-order valence-corrected chi connectivity index (χ1v) is 10.3. The van der Waals surface area contributed by atoms with Crippen LogP contribution in [-0.4, -0.2) is 44.6 Å². The number of rotatable bonds is 5. The fraction of sp³-hybridized carbons (Fsp3) is 0.364. The molecular weight excluding hydrogens is 382 g/mol. The van der Waals surface area contributed by atoms with E-state index in [0.717, 1.165) is 25.2 Å². The van der Waals surface area contributed by atoms with Gasteiger partial charge in [-0.05, 0) is 62.1 Å². The molecule has 1 aliphatic heterocycles. The second-order valence-corrected chi connectivity index (χ2v) is 7.93. The molecule has 2 fully saturated rings. The zero-order valence-corrected chi connectivity index (χ0v) is 16.5. The van der Waals surface area contributed by atoms with Crippen molar-refractivity contribution in [2.75, 3.05) is 18.4 Å². The van der Waals surface area contributed by atoms with Crippen molar-refractivity contribution in [3.8, 4) is 0 Å². The molecule has 2 aliphatic rings. The highest BCUT2D eigenvalue weighted by Gasteiger charge is 2.32. The molecule has 1 saturated carbocycles. The number of carbonyl (C=O) groups excluding carboxylic acids is 2. The Labute approximate surface area is 173 Å². The van der Waals surface area contributed by atoms with E-state index in [1.807, 2.05) is 11.2 Å². The number of aromatic nitrogens is 3. The molecule has 8 heteroatoms. The average molecular weight is 405 g/mol. The summed E-state index contributed by atoms with van der Waals surface area (Å²) < 4.78 is 7.28. The van der Waals surface area contributed by atoms with Gasteiger partial charge in [-0.2, -0.15) is 0 Å². The number of piperidine rings is 1. The molecular formula is C22H23N5O3. The Balaban J connectivity index is 1.25. The summed E-state index contributed by atoms with van der Waals surface area (Å²) in [5.41, 5.74) is 1.22. The van der Waals surface area contributed by atoms with E-state index >= 15 is 0 Å². The highest BCUT2D eigenvalue weighted by Crippen LogP contribution is 2.38. The van der Waals surface area contributed by atoms with Crippen LogP contribution in [0.3, 0.4) is 0 Å². The Kier molecular flexibility index (Phi) is 4.82. The van der Waals surface area contributed by atoms with Crippen LogP contribution in [0.25, 0.3) is 0 Å². The molecule has 3 aromatic rings. The molecule has 5 rings (SSSR count). The van der Waals surface area contributed by atoms with E-state index in [1.165, 1.54) is 19.1 Å². The van der Waals surface area contributed by atoms with Gasteiger partial charge in [0.25, 0.3) is 11.8 Å². The van der Waals surface area contributed by atoms with Crippen LogP contribution in [0, 0.1) is 0 Å². The number of hydrogen-bond acceptors (Lipinski definition) is 5. The maximum Gasteiger partial charge on any atom is 0.291 e. The first-order chi connectivity index (χ1) is 14.7. The Bertz CT molecular complexity index is 1040. The third kappa shape index (κ3) is 3.72. The van der Waals surface area contributed by atoms with Gasteiger partial charge < -0.3 is 19.2 Å². The molecule has 1 saturated heterocycles.